The van der Waals surface area contributed by atoms with Crippen molar-refractivity contribution in [3.05, 3.63) is 82.9 Å². The fourth-order valence-corrected chi connectivity index (χ4v) is 3.93. The SMILES string of the molecule is COc1ccc(NS(=O)(=O)c2ccc(Cl)c(C(=O)Nc3cccc(C)c3)c2)cc1. The lowest BCUT2D eigenvalue weighted by molar-refractivity contribution is 0.102. The van der Waals surface area contributed by atoms with E-state index in [-0.39, 0.29) is 15.5 Å². The minimum Gasteiger partial charge on any atom is -0.497 e. The molecule has 0 atom stereocenters. The Morgan fingerprint density at radius 1 is 0.966 bits per heavy atom. The third-order valence-electron chi connectivity index (χ3n) is 4.11. The summed E-state index contributed by atoms with van der Waals surface area (Å²) in [5.41, 5.74) is 2.00. The largest absolute Gasteiger partial charge is 0.497 e. The fraction of sp³-hybridized carbons (Fsp3) is 0.0952. The molecule has 0 fully saturated rings. The van der Waals surface area contributed by atoms with Gasteiger partial charge in [0.1, 0.15) is 5.75 Å². The van der Waals surface area contributed by atoms with Gasteiger partial charge in [0.2, 0.25) is 0 Å². The molecule has 0 aliphatic rings. The van der Waals surface area contributed by atoms with E-state index in [2.05, 4.69) is 10.0 Å². The Morgan fingerprint density at radius 2 is 1.69 bits per heavy atom. The normalized spacial score (nSPS) is 11.0. The maximum Gasteiger partial charge on any atom is 0.261 e. The Labute approximate surface area is 174 Å². The Morgan fingerprint density at radius 3 is 2.34 bits per heavy atom. The van der Waals surface area contributed by atoms with Crippen molar-refractivity contribution in [3.8, 4) is 5.75 Å². The predicted octanol–water partition coefficient (Wildman–Crippen LogP) is 4.71. The van der Waals surface area contributed by atoms with Crippen LogP contribution in [0.5, 0.6) is 5.75 Å². The number of ether oxygens (including phenoxy) is 1. The van der Waals surface area contributed by atoms with E-state index in [0.29, 0.717) is 17.1 Å². The summed E-state index contributed by atoms with van der Waals surface area (Å²) >= 11 is 6.14. The van der Waals surface area contributed by atoms with E-state index in [9.17, 15) is 13.2 Å². The van der Waals surface area contributed by atoms with E-state index in [0.717, 1.165) is 5.56 Å². The average Bonchev–Trinajstić information content (AvgIpc) is 2.68. The second-order valence-electron chi connectivity index (χ2n) is 6.30. The van der Waals surface area contributed by atoms with Crippen LogP contribution in [0.4, 0.5) is 11.4 Å². The molecule has 150 valence electrons. The van der Waals surface area contributed by atoms with Gasteiger partial charge >= 0.3 is 0 Å². The van der Waals surface area contributed by atoms with Gasteiger partial charge in [-0.25, -0.2) is 8.42 Å². The zero-order chi connectivity index (χ0) is 21.0. The van der Waals surface area contributed by atoms with Crippen LogP contribution in [0, 0.1) is 6.92 Å². The zero-order valence-electron chi connectivity index (χ0n) is 15.8. The topological polar surface area (TPSA) is 84.5 Å². The Hall–Kier alpha value is -3.03. The first-order valence-corrected chi connectivity index (χ1v) is 10.5. The summed E-state index contributed by atoms with van der Waals surface area (Å²) < 4.78 is 33.0. The quantitative estimate of drug-likeness (QED) is 0.593. The molecule has 0 saturated carbocycles. The van der Waals surface area contributed by atoms with E-state index in [4.69, 9.17) is 16.3 Å². The number of aryl methyl sites for hydroxylation is 1. The van der Waals surface area contributed by atoms with E-state index in [1.165, 1.54) is 25.3 Å². The molecule has 3 aromatic carbocycles. The van der Waals surface area contributed by atoms with Gasteiger partial charge in [-0.2, -0.15) is 0 Å². The van der Waals surface area contributed by atoms with Crippen LogP contribution < -0.4 is 14.8 Å². The molecule has 0 spiro atoms. The first-order chi connectivity index (χ1) is 13.8. The number of carbonyl (C=O) groups is 1. The summed E-state index contributed by atoms with van der Waals surface area (Å²) in [6.07, 6.45) is 0. The lowest BCUT2D eigenvalue weighted by Crippen LogP contribution is -2.16. The molecule has 0 unspecified atom stereocenters. The van der Waals surface area contributed by atoms with Crippen molar-refractivity contribution in [2.75, 3.05) is 17.1 Å². The molecule has 29 heavy (non-hydrogen) atoms. The summed E-state index contributed by atoms with van der Waals surface area (Å²) in [5.74, 6) is 0.108. The van der Waals surface area contributed by atoms with Crippen LogP contribution >= 0.6 is 11.6 Å². The van der Waals surface area contributed by atoms with Gasteiger partial charge < -0.3 is 10.1 Å². The molecule has 3 rings (SSSR count). The second kappa shape index (κ2) is 8.55. The zero-order valence-corrected chi connectivity index (χ0v) is 17.3. The van der Waals surface area contributed by atoms with E-state index >= 15 is 0 Å². The van der Waals surface area contributed by atoms with Crippen LogP contribution in [0.25, 0.3) is 0 Å². The number of anilines is 2. The number of hydrogen-bond donors (Lipinski definition) is 2. The number of amides is 1. The van der Waals surface area contributed by atoms with Crippen LogP contribution in [0.1, 0.15) is 15.9 Å². The second-order valence-corrected chi connectivity index (χ2v) is 8.39. The molecule has 3 aromatic rings. The first-order valence-electron chi connectivity index (χ1n) is 8.63. The number of halogens is 1. The Balaban J connectivity index is 1.85. The predicted molar refractivity (Wildman–Crippen MR) is 114 cm³/mol. The van der Waals surface area contributed by atoms with Gasteiger partial charge in [0.15, 0.2) is 0 Å². The third-order valence-corrected chi connectivity index (χ3v) is 5.82. The fourth-order valence-electron chi connectivity index (χ4n) is 2.64. The van der Waals surface area contributed by atoms with Gasteiger partial charge in [0.25, 0.3) is 15.9 Å². The van der Waals surface area contributed by atoms with Crippen LogP contribution in [-0.2, 0) is 10.0 Å². The van der Waals surface area contributed by atoms with Gasteiger partial charge in [-0.05, 0) is 67.1 Å². The Bertz CT molecular complexity index is 1150. The van der Waals surface area contributed by atoms with Crippen molar-refractivity contribution in [1.82, 2.24) is 0 Å². The lowest BCUT2D eigenvalue weighted by atomic mass is 10.2. The van der Waals surface area contributed by atoms with Gasteiger partial charge in [0, 0.05) is 11.4 Å². The molecule has 0 aliphatic carbocycles. The Kier molecular flexibility index (Phi) is 6.10. The maximum atomic E-state index is 12.7. The summed E-state index contributed by atoms with van der Waals surface area (Å²) in [5, 5.41) is 2.88. The number of hydrogen-bond acceptors (Lipinski definition) is 4. The van der Waals surface area contributed by atoms with Crippen LogP contribution in [-0.4, -0.2) is 21.4 Å². The molecule has 6 nitrogen and oxygen atoms in total. The smallest absolute Gasteiger partial charge is 0.261 e. The monoisotopic (exact) mass is 430 g/mol. The van der Waals surface area contributed by atoms with Crippen LogP contribution in [0.2, 0.25) is 5.02 Å². The highest BCUT2D eigenvalue weighted by Crippen LogP contribution is 2.24. The molecule has 8 heteroatoms. The van der Waals surface area contributed by atoms with Gasteiger partial charge in [-0.15, -0.1) is 0 Å². The van der Waals surface area contributed by atoms with Crippen molar-refractivity contribution in [2.45, 2.75) is 11.8 Å². The maximum absolute atomic E-state index is 12.7. The molecule has 0 bridgehead atoms. The highest BCUT2D eigenvalue weighted by atomic mass is 35.5. The molecular formula is C21H19ClN2O4S. The minimum atomic E-state index is -3.91. The van der Waals surface area contributed by atoms with Gasteiger partial charge in [0.05, 0.1) is 22.6 Å². The number of benzene rings is 3. The molecule has 0 saturated heterocycles. The summed E-state index contributed by atoms with van der Waals surface area (Å²) in [4.78, 5) is 12.6. The van der Waals surface area contributed by atoms with Crippen molar-refractivity contribution >= 4 is 38.9 Å². The highest BCUT2D eigenvalue weighted by Gasteiger charge is 2.19. The van der Waals surface area contributed by atoms with Crippen molar-refractivity contribution in [2.24, 2.45) is 0 Å². The highest BCUT2D eigenvalue weighted by molar-refractivity contribution is 7.92. The van der Waals surface area contributed by atoms with Crippen molar-refractivity contribution < 1.29 is 17.9 Å². The molecular weight excluding hydrogens is 412 g/mol. The average molecular weight is 431 g/mol. The van der Waals surface area contributed by atoms with Crippen molar-refractivity contribution in [1.29, 1.82) is 0 Å². The lowest BCUT2D eigenvalue weighted by Gasteiger charge is -2.12. The molecule has 0 aliphatic heterocycles. The summed E-state index contributed by atoms with van der Waals surface area (Å²) in [6.45, 7) is 1.90. The number of sulfonamides is 1. The first kappa shape index (κ1) is 20.7. The standard InChI is InChI=1S/C21H19ClN2O4S/c1-14-4-3-5-16(12-14)23-21(25)19-13-18(10-11-20(19)22)29(26,27)24-15-6-8-17(28-2)9-7-15/h3-13,24H,1-2H3,(H,23,25). The minimum absolute atomic E-state index is 0.0609. The van der Waals surface area contributed by atoms with Crippen molar-refractivity contribution in [3.63, 3.8) is 0 Å². The van der Waals surface area contributed by atoms with Gasteiger partial charge in [-0.1, -0.05) is 23.7 Å². The molecule has 0 heterocycles. The molecule has 1 amide bonds. The number of nitrogens with one attached hydrogen (secondary N) is 2. The van der Waals surface area contributed by atoms with Gasteiger partial charge in [-0.3, -0.25) is 9.52 Å². The van der Waals surface area contributed by atoms with Crippen LogP contribution in [0.15, 0.2) is 71.6 Å². The number of carbonyl (C=O) groups excluding carboxylic acids is 1. The summed E-state index contributed by atoms with van der Waals surface area (Å²) in [7, 11) is -2.39. The number of rotatable bonds is 6. The third kappa shape index (κ3) is 5.07. The number of methoxy groups -OCH3 is 1. The van der Waals surface area contributed by atoms with E-state index in [1.807, 2.05) is 19.1 Å². The molecule has 2 N–H and O–H groups in total. The summed E-state index contributed by atoms with van der Waals surface area (Å²) in [6, 6.07) is 17.7. The van der Waals surface area contributed by atoms with E-state index in [1.54, 1.807) is 36.4 Å². The van der Waals surface area contributed by atoms with E-state index < -0.39 is 15.9 Å². The molecule has 0 radical (unpaired) electrons. The molecule has 0 aromatic heterocycles. The van der Waals surface area contributed by atoms with Crippen LogP contribution in [0.3, 0.4) is 0 Å².